The summed E-state index contributed by atoms with van der Waals surface area (Å²) in [6.07, 6.45) is 4.98. The fourth-order valence-corrected chi connectivity index (χ4v) is 3.35. The first kappa shape index (κ1) is 12.3. The molecule has 5 heteroatoms. The number of hydrogen-bond acceptors (Lipinski definition) is 4. The van der Waals surface area contributed by atoms with Gasteiger partial charge < -0.3 is 5.32 Å². The number of rotatable bonds is 3. The Labute approximate surface area is 111 Å². The van der Waals surface area contributed by atoms with Gasteiger partial charge in [-0.15, -0.1) is 0 Å². The van der Waals surface area contributed by atoms with Gasteiger partial charge in [0.15, 0.2) is 0 Å². The van der Waals surface area contributed by atoms with Gasteiger partial charge >= 0.3 is 0 Å². The number of nitrogens with one attached hydrogen (secondary N) is 3. The first-order valence-electron chi connectivity index (χ1n) is 6.47. The lowest BCUT2D eigenvalue weighted by molar-refractivity contribution is 0.159. The summed E-state index contributed by atoms with van der Waals surface area (Å²) < 4.78 is 16.4. The summed E-state index contributed by atoms with van der Waals surface area (Å²) in [6.45, 7) is 2.23. The van der Waals surface area contributed by atoms with E-state index < -0.39 is 0 Å². The summed E-state index contributed by atoms with van der Waals surface area (Å²) >= 11 is 1.48. The van der Waals surface area contributed by atoms with Crippen molar-refractivity contribution in [2.45, 2.75) is 49.3 Å². The second-order valence-corrected chi connectivity index (χ2v) is 5.95. The van der Waals surface area contributed by atoms with E-state index in [0.29, 0.717) is 0 Å². The number of fused-ring (bicyclic) bond motifs is 1. The highest BCUT2D eigenvalue weighted by atomic mass is 32.2. The highest BCUT2D eigenvalue weighted by molar-refractivity contribution is 7.97. The van der Waals surface area contributed by atoms with Crippen molar-refractivity contribution in [1.29, 1.82) is 0 Å². The third-order valence-electron chi connectivity index (χ3n) is 3.97. The molecule has 0 saturated heterocycles. The third-order valence-corrected chi connectivity index (χ3v) is 4.88. The molecule has 18 heavy (non-hydrogen) atoms. The molecule has 0 bridgehead atoms. The summed E-state index contributed by atoms with van der Waals surface area (Å²) in [4.78, 5) is 0.909. The van der Waals surface area contributed by atoms with Crippen molar-refractivity contribution in [2.75, 3.05) is 5.32 Å². The van der Waals surface area contributed by atoms with Gasteiger partial charge in [-0.25, -0.2) is 9.11 Å². The summed E-state index contributed by atoms with van der Waals surface area (Å²) in [5.41, 5.74) is 1.27. The molecule has 3 rings (SSSR count). The van der Waals surface area contributed by atoms with Gasteiger partial charge in [-0.05, 0) is 55.8 Å². The Morgan fingerprint density at radius 3 is 3.00 bits per heavy atom. The van der Waals surface area contributed by atoms with Crippen molar-refractivity contribution in [3.05, 3.63) is 24.0 Å². The van der Waals surface area contributed by atoms with Crippen LogP contribution >= 0.6 is 11.9 Å². The molecule has 1 aliphatic heterocycles. The Kier molecular flexibility index (Phi) is 3.21. The minimum absolute atomic E-state index is 0.0493. The lowest BCUT2D eigenvalue weighted by Crippen LogP contribution is -2.60. The molecule has 1 saturated carbocycles. The largest absolute Gasteiger partial charge is 0.356 e. The van der Waals surface area contributed by atoms with Crippen molar-refractivity contribution in [1.82, 2.24) is 10.0 Å². The Morgan fingerprint density at radius 1 is 1.50 bits per heavy atom. The van der Waals surface area contributed by atoms with Crippen LogP contribution in [0.2, 0.25) is 0 Å². The maximum Gasteiger partial charge on any atom is 0.142 e. The van der Waals surface area contributed by atoms with Crippen molar-refractivity contribution in [3.8, 4) is 0 Å². The number of halogens is 1. The van der Waals surface area contributed by atoms with Gasteiger partial charge in [0, 0.05) is 10.4 Å². The molecule has 98 valence electrons. The normalized spacial score (nSPS) is 24.9. The van der Waals surface area contributed by atoms with Crippen LogP contribution in [0.25, 0.3) is 0 Å². The Morgan fingerprint density at radius 2 is 2.33 bits per heavy atom. The van der Waals surface area contributed by atoms with Crippen molar-refractivity contribution in [2.24, 2.45) is 0 Å². The van der Waals surface area contributed by atoms with Gasteiger partial charge in [-0.3, -0.25) is 5.32 Å². The molecule has 1 aromatic rings. The molecule has 1 heterocycles. The smallest absolute Gasteiger partial charge is 0.142 e. The molecule has 0 radical (unpaired) electrons. The predicted molar refractivity (Wildman–Crippen MR) is 72.8 cm³/mol. The summed E-state index contributed by atoms with van der Waals surface area (Å²) in [5, 5.41) is 7.01. The molecule has 1 unspecified atom stereocenters. The first-order valence-corrected chi connectivity index (χ1v) is 7.29. The van der Waals surface area contributed by atoms with Crippen LogP contribution in [0.15, 0.2) is 23.1 Å². The fraction of sp³-hybridized carbons (Fsp3) is 0.538. The lowest BCUT2D eigenvalue weighted by atomic mass is 9.75. The second-order valence-electron chi connectivity index (χ2n) is 5.07. The molecule has 1 atom stereocenters. The SMILES string of the molecule is CCC1(NC2NSc3cc(F)ccc3N2)CCC1. The molecule has 0 amide bonds. The average molecular weight is 267 g/mol. The topological polar surface area (TPSA) is 36.1 Å². The predicted octanol–water partition coefficient (Wildman–Crippen LogP) is 3.05. The van der Waals surface area contributed by atoms with Gasteiger partial charge in [0.2, 0.25) is 0 Å². The van der Waals surface area contributed by atoms with E-state index in [1.807, 2.05) is 0 Å². The minimum atomic E-state index is -0.194. The van der Waals surface area contributed by atoms with Crippen LogP contribution in [0.3, 0.4) is 0 Å². The second kappa shape index (κ2) is 4.72. The Hall–Kier alpha value is -0.780. The highest BCUT2D eigenvalue weighted by Crippen LogP contribution is 2.36. The molecule has 3 N–H and O–H groups in total. The van der Waals surface area contributed by atoms with E-state index >= 15 is 0 Å². The van der Waals surface area contributed by atoms with Gasteiger partial charge in [0.25, 0.3) is 0 Å². The van der Waals surface area contributed by atoms with Crippen LogP contribution in [0.4, 0.5) is 10.1 Å². The number of benzene rings is 1. The van der Waals surface area contributed by atoms with E-state index in [9.17, 15) is 4.39 Å². The van der Waals surface area contributed by atoms with Crippen LogP contribution in [0.5, 0.6) is 0 Å². The zero-order valence-electron chi connectivity index (χ0n) is 10.4. The van der Waals surface area contributed by atoms with E-state index in [2.05, 4.69) is 22.3 Å². The quantitative estimate of drug-likeness (QED) is 0.736. The van der Waals surface area contributed by atoms with E-state index in [1.54, 1.807) is 12.1 Å². The van der Waals surface area contributed by atoms with Gasteiger partial charge in [0.05, 0.1) is 5.69 Å². The Balaban J connectivity index is 1.69. The van der Waals surface area contributed by atoms with Crippen LogP contribution in [0, 0.1) is 5.82 Å². The summed E-state index contributed by atoms with van der Waals surface area (Å²) in [7, 11) is 0. The highest BCUT2D eigenvalue weighted by Gasteiger charge is 2.37. The van der Waals surface area contributed by atoms with Gasteiger partial charge in [0.1, 0.15) is 12.1 Å². The maximum absolute atomic E-state index is 13.1. The van der Waals surface area contributed by atoms with Crippen LogP contribution in [-0.4, -0.2) is 11.8 Å². The van der Waals surface area contributed by atoms with Crippen LogP contribution < -0.4 is 15.4 Å². The standard InChI is InChI=1S/C13H18FN3S/c1-2-13(6-3-7-13)16-12-15-10-5-4-9(14)8-11(10)18-17-12/h4-5,8,12,15-17H,2-3,6-7H2,1H3. The van der Waals surface area contributed by atoms with E-state index in [4.69, 9.17) is 0 Å². The molecule has 1 aromatic carbocycles. The van der Waals surface area contributed by atoms with Gasteiger partial charge in [-0.1, -0.05) is 6.92 Å². The molecule has 0 spiro atoms. The maximum atomic E-state index is 13.1. The number of hydrogen-bond donors (Lipinski definition) is 3. The minimum Gasteiger partial charge on any atom is -0.356 e. The lowest BCUT2D eigenvalue weighted by Gasteiger charge is -2.45. The molecule has 0 aromatic heterocycles. The third kappa shape index (κ3) is 2.22. The van der Waals surface area contributed by atoms with Crippen molar-refractivity contribution >= 4 is 17.6 Å². The van der Waals surface area contributed by atoms with Crippen LogP contribution in [0.1, 0.15) is 32.6 Å². The van der Waals surface area contributed by atoms with Crippen LogP contribution in [-0.2, 0) is 0 Å². The first-order chi connectivity index (χ1) is 8.71. The van der Waals surface area contributed by atoms with Crippen molar-refractivity contribution < 1.29 is 4.39 Å². The summed E-state index contributed by atoms with van der Waals surface area (Å²) in [5.74, 6) is -0.194. The zero-order valence-corrected chi connectivity index (χ0v) is 11.2. The molecular weight excluding hydrogens is 249 g/mol. The van der Waals surface area contributed by atoms with E-state index in [-0.39, 0.29) is 17.6 Å². The number of anilines is 1. The molecular formula is C13H18FN3S. The molecule has 1 aliphatic carbocycles. The van der Waals surface area contributed by atoms with E-state index in [1.165, 1.54) is 37.3 Å². The van der Waals surface area contributed by atoms with Gasteiger partial charge in [-0.2, -0.15) is 0 Å². The summed E-state index contributed by atoms with van der Waals surface area (Å²) in [6, 6.07) is 4.84. The Bertz CT molecular complexity index is 442. The zero-order chi connectivity index (χ0) is 12.6. The fourth-order valence-electron chi connectivity index (χ4n) is 2.58. The van der Waals surface area contributed by atoms with E-state index in [0.717, 1.165) is 17.0 Å². The average Bonchev–Trinajstić information content (AvgIpc) is 2.34. The molecule has 1 fully saturated rings. The molecule has 2 aliphatic rings. The monoisotopic (exact) mass is 267 g/mol. The molecule has 3 nitrogen and oxygen atoms in total. The van der Waals surface area contributed by atoms with Crippen molar-refractivity contribution in [3.63, 3.8) is 0 Å².